The van der Waals surface area contributed by atoms with Crippen LogP contribution in [0.25, 0.3) is 0 Å². The van der Waals surface area contributed by atoms with Crippen LogP contribution in [0.5, 0.6) is 5.75 Å². The van der Waals surface area contributed by atoms with E-state index in [9.17, 15) is 14.4 Å². The topological polar surface area (TPSA) is 87.7 Å². The molecule has 9 heteroatoms. The van der Waals surface area contributed by atoms with Gasteiger partial charge in [0.2, 0.25) is 11.8 Å². The van der Waals surface area contributed by atoms with Gasteiger partial charge in [-0.05, 0) is 48.9 Å². The smallest absolute Gasteiger partial charge is 0.262 e. The second-order valence-electron chi connectivity index (χ2n) is 8.54. The fourth-order valence-corrected chi connectivity index (χ4v) is 4.18. The molecule has 3 amide bonds. The average molecular weight is 526 g/mol. The highest BCUT2D eigenvalue weighted by molar-refractivity contribution is 6.44. The summed E-state index contributed by atoms with van der Waals surface area (Å²) in [6.07, 6.45) is 0.157. The van der Waals surface area contributed by atoms with Crippen molar-refractivity contribution < 1.29 is 19.1 Å². The fourth-order valence-electron chi connectivity index (χ4n) is 3.83. The first-order valence-electron chi connectivity index (χ1n) is 11.4. The maximum Gasteiger partial charge on any atom is 0.262 e. The number of carbonyl (C=O) groups is 3. The van der Waals surface area contributed by atoms with Crippen LogP contribution < -0.4 is 20.3 Å². The Bertz CT molecular complexity index is 1260. The Morgan fingerprint density at radius 2 is 1.75 bits per heavy atom. The van der Waals surface area contributed by atoms with Gasteiger partial charge in [-0.25, -0.2) is 0 Å². The molecule has 3 aromatic carbocycles. The summed E-state index contributed by atoms with van der Waals surface area (Å²) in [6, 6.07) is 19.7. The molecule has 4 rings (SSSR count). The molecule has 1 aliphatic heterocycles. The summed E-state index contributed by atoms with van der Waals surface area (Å²) in [5.41, 5.74) is 3.23. The third-order valence-corrected chi connectivity index (χ3v) is 6.65. The van der Waals surface area contributed by atoms with Crippen LogP contribution in [0.3, 0.4) is 0 Å². The first-order valence-corrected chi connectivity index (χ1v) is 12.2. The van der Waals surface area contributed by atoms with Gasteiger partial charge in [0.05, 0.1) is 21.7 Å². The molecule has 1 aliphatic rings. The van der Waals surface area contributed by atoms with Crippen molar-refractivity contribution in [2.24, 2.45) is 5.92 Å². The Morgan fingerprint density at radius 3 is 2.47 bits per heavy atom. The van der Waals surface area contributed by atoms with E-state index in [1.54, 1.807) is 47.4 Å². The molecule has 0 radical (unpaired) electrons. The van der Waals surface area contributed by atoms with E-state index < -0.39 is 11.8 Å². The van der Waals surface area contributed by atoms with Gasteiger partial charge in [0.1, 0.15) is 5.75 Å². The van der Waals surface area contributed by atoms with Gasteiger partial charge in [-0.3, -0.25) is 14.4 Å². The van der Waals surface area contributed by atoms with Crippen molar-refractivity contribution in [3.8, 4) is 5.75 Å². The van der Waals surface area contributed by atoms with E-state index in [1.807, 2.05) is 31.2 Å². The molecule has 0 spiro atoms. The van der Waals surface area contributed by atoms with E-state index in [-0.39, 0.29) is 29.9 Å². The number of anilines is 2. The van der Waals surface area contributed by atoms with E-state index in [0.717, 1.165) is 11.1 Å². The molecular weight excluding hydrogens is 501 g/mol. The number of benzene rings is 3. The molecule has 0 bridgehead atoms. The molecule has 36 heavy (non-hydrogen) atoms. The molecule has 7 nitrogen and oxygen atoms in total. The number of hydrogen-bond donors (Lipinski definition) is 2. The maximum absolute atomic E-state index is 12.6. The first-order chi connectivity index (χ1) is 17.3. The van der Waals surface area contributed by atoms with Crippen molar-refractivity contribution in [3.05, 3.63) is 87.9 Å². The lowest BCUT2D eigenvalue weighted by molar-refractivity contribution is -0.126. The van der Waals surface area contributed by atoms with Crippen molar-refractivity contribution in [3.63, 3.8) is 0 Å². The average Bonchev–Trinajstić information content (AvgIpc) is 3.27. The number of nitrogens with one attached hydrogen (secondary N) is 2. The van der Waals surface area contributed by atoms with Gasteiger partial charge in [-0.15, -0.1) is 0 Å². The van der Waals surface area contributed by atoms with E-state index in [2.05, 4.69) is 10.6 Å². The van der Waals surface area contributed by atoms with Crippen LogP contribution in [-0.2, 0) is 20.9 Å². The van der Waals surface area contributed by atoms with Gasteiger partial charge in [-0.1, -0.05) is 59.1 Å². The van der Waals surface area contributed by atoms with Gasteiger partial charge < -0.3 is 20.3 Å². The van der Waals surface area contributed by atoms with Crippen molar-refractivity contribution >= 4 is 52.3 Å². The Balaban J connectivity index is 1.27. The fraction of sp³-hybridized carbons (Fsp3) is 0.222. The van der Waals surface area contributed by atoms with Crippen LogP contribution in [0.1, 0.15) is 17.5 Å². The lowest BCUT2D eigenvalue weighted by Gasteiger charge is -2.17. The third kappa shape index (κ3) is 6.36. The predicted octanol–water partition coefficient (Wildman–Crippen LogP) is 4.99. The summed E-state index contributed by atoms with van der Waals surface area (Å²) in [5.74, 6) is -0.599. The number of rotatable bonds is 8. The molecule has 1 saturated heterocycles. The summed E-state index contributed by atoms with van der Waals surface area (Å²) in [7, 11) is 0. The number of hydrogen-bond acceptors (Lipinski definition) is 4. The quantitative estimate of drug-likeness (QED) is 0.433. The Kier molecular flexibility index (Phi) is 8.13. The first kappa shape index (κ1) is 25.5. The van der Waals surface area contributed by atoms with E-state index in [1.165, 1.54) is 0 Å². The summed E-state index contributed by atoms with van der Waals surface area (Å²) in [4.78, 5) is 39.0. The van der Waals surface area contributed by atoms with Crippen LogP contribution in [0.15, 0.2) is 66.7 Å². The van der Waals surface area contributed by atoms with E-state index >= 15 is 0 Å². The lowest BCUT2D eigenvalue weighted by Crippen LogP contribution is -2.32. The number of ether oxygens (including phenoxy) is 1. The Labute approximate surface area is 219 Å². The zero-order chi connectivity index (χ0) is 25.7. The predicted molar refractivity (Wildman–Crippen MR) is 141 cm³/mol. The van der Waals surface area contributed by atoms with Crippen molar-refractivity contribution in [2.45, 2.75) is 19.9 Å². The van der Waals surface area contributed by atoms with Crippen molar-refractivity contribution in [1.82, 2.24) is 5.32 Å². The second-order valence-corrected chi connectivity index (χ2v) is 9.33. The molecule has 0 aromatic heterocycles. The molecule has 1 heterocycles. The molecule has 1 atom stereocenters. The van der Waals surface area contributed by atoms with Crippen LogP contribution in [0.4, 0.5) is 11.4 Å². The molecule has 0 saturated carbocycles. The summed E-state index contributed by atoms with van der Waals surface area (Å²) < 4.78 is 5.54. The minimum Gasteiger partial charge on any atom is -0.484 e. The molecule has 0 unspecified atom stereocenters. The Morgan fingerprint density at radius 1 is 1.03 bits per heavy atom. The summed E-state index contributed by atoms with van der Waals surface area (Å²) >= 11 is 12.0. The number of nitrogens with zero attached hydrogens (tertiary/aromatic N) is 1. The molecule has 2 N–H and O–H groups in total. The Hall–Kier alpha value is -3.55. The number of aryl methyl sites for hydroxylation is 1. The standard InChI is InChI=1S/C27H25Cl2N3O4/c1-17-5-7-18(8-6-17)14-30-27(35)19-13-25(34)32(15-19)20-9-11-21(12-10-20)36-16-24(33)31-23-4-2-3-22(28)26(23)29/h2-12,19H,13-16H2,1H3,(H,30,35)(H,31,33)/t19-/m1/s1. The highest BCUT2D eigenvalue weighted by atomic mass is 35.5. The van der Waals surface area contributed by atoms with Crippen LogP contribution in [-0.4, -0.2) is 30.9 Å². The van der Waals surface area contributed by atoms with Crippen molar-refractivity contribution in [2.75, 3.05) is 23.4 Å². The number of amides is 3. The van der Waals surface area contributed by atoms with Gasteiger partial charge >= 0.3 is 0 Å². The highest BCUT2D eigenvalue weighted by Gasteiger charge is 2.35. The molecule has 0 aliphatic carbocycles. The largest absolute Gasteiger partial charge is 0.484 e. The minimum absolute atomic E-state index is 0.114. The summed E-state index contributed by atoms with van der Waals surface area (Å²) in [5, 5.41) is 6.17. The summed E-state index contributed by atoms with van der Waals surface area (Å²) in [6.45, 7) is 2.51. The lowest BCUT2D eigenvalue weighted by atomic mass is 10.1. The van der Waals surface area contributed by atoms with Crippen LogP contribution in [0, 0.1) is 12.8 Å². The van der Waals surface area contributed by atoms with Gasteiger partial charge in [0.15, 0.2) is 6.61 Å². The van der Waals surface area contributed by atoms with E-state index in [0.29, 0.717) is 35.2 Å². The zero-order valence-corrected chi connectivity index (χ0v) is 21.1. The van der Waals surface area contributed by atoms with Crippen molar-refractivity contribution in [1.29, 1.82) is 0 Å². The zero-order valence-electron chi connectivity index (χ0n) is 19.6. The van der Waals surface area contributed by atoms with Crippen LogP contribution in [0.2, 0.25) is 10.0 Å². The van der Waals surface area contributed by atoms with Gasteiger partial charge in [0, 0.05) is 25.2 Å². The van der Waals surface area contributed by atoms with Gasteiger partial charge in [-0.2, -0.15) is 0 Å². The highest BCUT2D eigenvalue weighted by Crippen LogP contribution is 2.30. The molecule has 1 fully saturated rings. The third-order valence-electron chi connectivity index (χ3n) is 5.83. The maximum atomic E-state index is 12.6. The molecule has 3 aromatic rings. The second kappa shape index (κ2) is 11.5. The van der Waals surface area contributed by atoms with E-state index in [4.69, 9.17) is 27.9 Å². The van der Waals surface area contributed by atoms with Gasteiger partial charge in [0.25, 0.3) is 5.91 Å². The molecule has 186 valence electrons. The van der Waals surface area contributed by atoms with Crippen LogP contribution >= 0.6 is 23.2 Å². The number of carbonyl (C=O) groups excluding carboxylic acids is 3. The minimum atomic E-state index is -0.416. The molecular formula is C27H25Cl2N3O4. The normalized spacial score (nSPS) is 15.0. The monoisotopic (exact) mass is 525 g/mol. The number of halogens is 2. The SMILES string of the molecule is Cc1ccc(CNC(=O)[C@@H]2CC(=O)N(c3ccc(OCC(=O)Nc4cccc(Cl)c4Cl)cc3)C2)cc1.